The standard InChI is InChI=1S/C22H29F3N4O2S/c23-22(24,25)17-28-11-10-26-21(28)16-27-12-14-29(15-13-27)32(30,31)20-8-6-19(7-9-20)18-4-2-1-3-5-18/h6-11,18H,1-5,12-17H2. The molecular formula is C22H29F3N4O2S. The van der Waals surface area contributed by atoms with Crippen LogP contribution in [0.1, 0.15) is 49.4 Å². The summed E-state index contributed by atoms with van der Waals surface area (Å²) < 4.78 is 66.9. The van der Waals surface area contributed by atoms with E-state index in [-0.39, 0.29) is 6.54 Å². The third-order valence-electron chi connectivity index (χ3n) is 6.44. The summed E-state index contributed by atoms with van der Waals surface area (Å²) in [6.45, 7) is 0.663. The van der Waals surface area contributed by atoms with Crippen molar-refractivity contribution in [2.75, 3.05) is 26.2 Å². The summed E-state index contributed by atoms with van der Waals surface area (Å²) in [4.78, 5) is 6.28. The van der Waals surface area contributed by atoms with Crippen molar-refractivity contribution >= 4 is 10.0 Å². The maximum absolute atomic E-state index is 13.1. The molecule has 1 aliphatic carbocycles. The highest BCUT2D eigenvalue weighted by atomic mass is 32.2. The summed E-state index contributed by atoms with van der Waals surface area (Å²) >= 11 is 0. The third kappa shape index (κ3) is 5.52. The molecule has 1 saturated carbocycles. The van der Waals surface area contributed by atoms with Crippen molar-refractivity contribution in [3.8, 4) is 0 Å². The quantitative estimate of drug-likeness (QED) is 0.641. The number of hydrogen-bond acceptors (Lipinski definition) is 4. The fourth-order valence-corrected chi connectivity index (χ4v) is 6.08. The van der Waals surface area contributed by atoms with Crippen LogP contribution in [0.3, 0.4) is 0 Å². The van der Waals surface area contributed by atoms with E-state index in [4.69, 9.17) is 0 Å². The van der Waals surface area contributed by atoms with Crippen molar-refractivity contribution in [1.82, 2.24) is 18.8 Å². The lowest BCUT2D eigenvalue weighted by Gasteiger charge is -2.34. The molecule has 2 fully saturated rings. The fourth-order valence-electron chi connectivity index (χ4n) is 4.65. The summed E-state index contributed by atoms with van der Waals surface area (Å²) in [6.07, 6.45) is 4.43. The van der Waals surface area contributed by atoms with E-state index in [1.807, 2.05) is 17.0 Å². The highest BCUT2D eigenvalue weighted by Crippen LogP contribution is 2.33. The first-order chi connectivity index (χ1) is 15.2. The first kappa shape index (κ1) is 23.3. The van der Waals surface area contributed by atoms with Crippen molar-refractivity contribution in [1.29, 1.82) is 0 Å². The first-order valence-corrected chi connectivity index (χ1v) is 12.6. The predicted molar refractivity (Wildman–Crippen MR) is 115 cm³/mol. The van der Waals surface area contributed by atoms with Crippen LogP contribution in [0.25, 0.3) is 0 Å². The number of benzene rings is 1. The predicted octanol–water partition coefficient (Wildman–Crippen LogP) is 4.00. The number of nitrogens with zero attached hydrogens (tertiary/aromatic N) is 4. The van der Waals surface area contributed by atoms with Crippen molar-refractivity contribution in [3.05, 3.63) is 48.0 Å². The molecule has 1 saturated heterocycles. The smallest absolute Gasteiger partial charge is 0.325 e. The minimum Gasteiger partial charge on any atom is -0.325 e. The number of hydrogen-bond donors (Lipinski definition) is 0. The number of alkyl halides is 3. The van der Waals surface area contributed by atoms with Gasteiger partial charge in [0.1, 0.15) is 12.4 Å². The molecule has 2 aliphatic rings. The summed E-state index contributed by atoms with van der Waals surface area (Å²) in [5.74, 6) is 0.853. The second-order valence-electron chi connectivity index (χ2n) is 8.67. The van der Waals surface area contributed by atoms with Crippen LogP contribution in [0.4, 0.5) is 13.2 Å². The summed E-state index contributed by atoms with van der Waals surface area (Å²) in [5, 5.41) is 0. The Balaban J connectivity index is 1.35. The van der Waals surface area contributed by atoms with Gasteiger partial charge in [0, 0.05) is 38.6 Å². The van der Waals surface area contributed by atoms with Gasteiger partial charge in [-0.05, 0) is 36.5 Å². The van der Waals surface area contributed by atoms with E-state index in [2.05, 4.69) is 4.98 Å². The number of halogens is 3. The highest BCUT2D eigenvalue weighted by Gasteiger charge is 2.31. The van der Waals surface area contributed by atoms with Crippen molar-refractivity contribution in [2.24, 2.45) is 0 Å². The van der Waals surface area contributed by atoms with E-state index in [1.54, 1.807) is 12.1 Å². The van der Waals surface area contributed by atoms with Gasteiger partial charge in [0.05, 0.1) is 11.4 Å². The molecule has 10 heteroatoms. The zero-order valence-corrected chi connectivity index (χ0v) is 18.8. The molecule has 0 unspecified atom stereocenters. The largest absolute Gasteiger partial charge is 0.406 e. The van der Waals surface area contributed by atoms with Gasteiger partial charge in [-0.25, -0.2) is 13.4 Å². The van der Waals surface area contributed by atoms with Crippen LogP contribution < -0.4 is 0 Å². The molecule has 2 heterocycles. The van der Waals surface area contributed by atoms with E-state index in [1.165, 1.54) is 41.5 Å². The maximum Gasteiger partial charge on any atom is 0.406 e. The highest BCUT2D eigenvalue weighted by molar-refractivity contribution is 7.89. The zero-order chi connectivity index (χ0) is 22.8. The van der Waals surface area contributed by atoms with E-state index in [9.17, 15) is 21.6 Å². The molecule has 1 aromatic heterocycles. The molecule has 4 rings (SSSR count). The molecular weight excluding hydrogens is 441 g/mol. The molecule has 0 radical (unpaired) electrons. The van der Waals surface area contributed by atoms with E-state index in [0.717, 1.165) is 17.4 Å². The fraction of sp³-hybridized carbons (Fsp3) is 0.591. The zero-order valence-electron chi connectivity index (χ0n) is 18.0. The minimum absolute atomic E-state index is 0.257. The Labute approximate surface area is 187 Å². The molecule has 0 bridgehead atoms. The minimum atomic E-state index is -4.31. The Bertz CT molecular complexity index is 991. The van der Waals surface area contributed by atoms with Crippen molar-refractivity contribution < 1.29 is 21.6 Å². The Hall–Kier alpha value is -1.91. The molecule has 1 aromatic carbocycles. The van der Waals surface area contributed by atoms with Crippen LogP contribution in [0.5, 0.6) is 0 Å². The first-order valence-electron chi connectivity index (χ1n) is 11.1. The number of sulfonamides is 1. The molecule has 1 aliphatic heterocycles. The van der Waals surface area contributed by atoms with Crippen molar-refractivity contribution in [2.45, 2.75) is 62.2 Å². The summed E-state index contributed by atoms with van der Waals surface area (Å²) in [7, 11) is -3.59. The molecule has 0 atom stereocenters. The third-order valence-corrected chi connectivity index (χ3v) is 8.35. The average molecular weight is 471 g/mol. The van der Waals surface area contributed by atoms with Crippen molar-refractivity contribution in [3.63, 3.8) is 0 Å². The monoisotopic (exact) mass is 470 g/mol. The average Bonchev–Trinajstić information content (AvgIpc) is 3.19. The topological polar surface area (TPSA) is 58.4 Å². The van der Waals surface area contributed by atoms with E-state index in [0.29, 0.717) is 42.8 Å². The Morgan fingerprint density at radius 1 is 0.969 bits per heavy atom. The number of piperazine rings is 1. The van der Waals surface area contributed by atoms with Crippen LogP contribution in [0, 0.1) is 0 Å². The number of rotatable bonds is 6. The van der Waals surface area contributed by atoms with Gasteiger partial charge < -0.3 is 4.57 Å². The summed E-state index contributed by atoms with van der Waals surface area (Å²) in [6, 6.07) is 7.30. The van der Waals surface area contributed by atoms with E-state index >= 15 is 0 Å². The van der Waals surface area contributed by atoms with Gasteiger partial charge in [-0.1, -0.05) is 31.4 Å². The van der Waals surface area contributed by atoms with E-state index < -0.39 is 22.7 Å². The Kier molecular flexibility index (Phi) is 6.92. The summed E-state index contributed by atoms with van der Waals surface area (Å²) in [5.41, 5.74) is 1.21. The number of aromatic nitrogens is 2. The van der Waals surface area contributed by atoms with Gasteiger partial charge in [0.25, 0.3) is 0 Å². The van der Waals surface area contributed by atoms with Crippen LogP contribution >= 0.6 is 0 Å². The van der Waals surface area contributed by atoms with Crippen LogP contribution in [0.15, 0.2) is 41.6 Å². The second kappa shape index (κ2) is 9.52. The Morgan fingerprint density at radius 2 is 1.62 bits per heavy atom. The second-order valence-corrected chi connectivity index (χ2v) is 10.6. The van der Waals surface area contributed by atoms with Crippen LogP contribution in [0.2, 0.25) is 0 Å². The van der Waals surface area contributed by atoms with Gasteiger partial charge in [0.15, 0.2) is 0 Å². The Morgan fingerprint density at radius 3 is 2.25 bits per heavy atom. The lowest BCUT2D eigenvalue weighted by atomic mass is 9.84. The molecule has 32 heavy (non-hydrogen) atoms. The molecule has 0 spiro atoms. The van der Waals surface area contributed by atoms with Gasteiger partial charge in [-0.2, -0.15) is 17.5 Å². The van der Waals surface area contributed by atoms with Crippen LogP contribution in [-0.4, -0.2) is 59.5 Å². The normalized spacial score (nSPS) is 20.0. The lowest BCUT2D eigenvalue weighted by Crippen LogP contribution is -2.48. The lowest BCUT2D eigenvalue weighted by molar-refractivity contribution is -0.141. The van der Waals surface area contributed by atoms with Gasteiger partial charge in [-0.3, -0.25) is 4.90 Å². The maximum atomic E-state index is 13.1. The molecule has 0 amide bonds. The molecule has 176 valence electrons. The molecule has 2 aromatic rings. The number of imidazole rings is 1. The van der Waals surface area contributed by atoms with Gasteiger partial charge in [-0.15, -0.1) is 0 Å². The van der Waals surface area contributed by atoms with Gasteiger partial charge >= 0.3 is 6.18 Å². The molecule has 6 nitrogen and oxygen atoms in total. The molecule has 0 N–H and O–H groups in total. The SMILES string of the molecule is O=S(=O)(c1ccc(C2CCCCC2)cc1)N1CCN(Cc2nccn2CC(F)(F)F)CC1. The van der Waals surface area contributed by atoms with Gasteiger partial charge in [0.2, 0.25) is 10.0 Å². The van der Waals surface area contributed by atoms with Crippen LogP contribution in [-0.2, 0) is 23.1 Å².